The van der Waals surface area contributed by atoms with Crippen LogP contribution in [-0.2, 0) is 0 Å². The maximum Gasteiger partial charge on any atom is 0.217 e. The number of rotatable bonds is 14. The number of ether oxygens (including phenoxy) is 1. The summed E-state index contributed by atoms with van der Waals surface area (Å²) < 4.78 is 5.95. The van der Waals surface area contributed by atoms with Gasteiger partial charge in [0.2, 0.25) is 5.88 Å². The number of hydrogen-bond acceptors (Lipinski definition) is 5. The number of nitrogens with one attached hydrogen (secondary N) is 2. The molecule has 33 heavy (non-hydrogen) atoms. The maximum atomic E-state index is 5.95. The van der Waals surface area contributed by atoms with Gasteiger partial charge < -0.3 is 26.0 Å². The van der Waals surface area contributed by atoms with E-state index in [0.717, 1.165) is 56.0 Å². The van der Waals surface area contributed by atoms with Gasteiger partial charge in [-0.05, 0) is 37.8 Å². The van der Waals surface area contributed by atoms with Crippen LogP contribution in [0.25, 0.3) is 6.08 Å². The number of guanidine groups is 1. The first-order valence-electron chi connectivity index (χ1n) is 12.0. The fraction of sp³-hybridized carbons (Fsp3) is 0.462. The van der Waals surface area contributed by atoms with E-state index in [1.165, 1.54) is 5.56 Å². The minimum atomic E-state index is 0.443. The Morgan fingerprint density at radius 3 is 2.61 bits per heavy atom. The summed E-state index contributed by atoms with van der Waals surface area (Å²) in [5, 5.41) is 6.39. The van der Waals surface area contributed by atoms with Crippen LogP contribution in [0.3, 0.4) is 0 Å². The Morgan fingerprint density at radius 1 is 1.12 bits per heavy atom. The predicted molar refractivity (Wildman–Crippen MR) is 141 cm³/mol. The van der Waals surface area contributed by atoms with Crippen LogP contribution in [0.4, 0.5) is 11.5 Å². The molecular formula is C26H40N6O. The van der Waals surface area contributed by atoms with Gasteiger partial charge in [0.1, 0.15) is 12.4 Å². The van der Waals surface area contributed by atoms with Crippen LogP contribution in [0.2, 0.25) is 0 Å². The molecule has 0 saturated carbocycles. The van der Waals surface area contributed by atoms with Crippen molar-refractivity contribution in [3.05, 3.63) is 53.7 Å². The average Bonchev–Trinajstić information content (AvgIpc) is 2.80. The van der Waals surface area contributed by atoms with Crippen molar-refractivity contribution in [1.82, 2.24) is 10.3 Å². The summed E-state index contributed by atoms with van der Waals surface area (Å²) in [5.41, 5.74) is 9.33. The number of nitrogens with two attached hydrogens (primary N) is 1. The van der Waals surface area contributed by atoms with Gasteiger partial charge in [-0.1, -0.05) is 50.6 Å². The molecule has 180 valence electrons. The van der Waals surface area contributed by atoms with Crippen molar-refractivity contribution in [1.29, 1.82) is 0 Å². The molecule has 1 heterocycles. The van der Waals surface area contributed by atoms with Crippen molar-refractivity contribution in [2.24, 2.45) is 10.7 Å². The van der Waals surface area contributed by atoms with Crippen LogP contribution >= 0.6 is 0 Å². The number of nitrogens with zero attached hydrogens (tertiary/aromatic N) is 3. The summed E-state index contributed by atoms with van der Waals surface area (Å²) in [5.74, 6) is 1.78. The van der Waals surface area contributed by atoms with Crippen molar-refractivity contribution >= 4 is 23.5 Å². The maximum absolute atomic E-state index is 5.95. The average molecular weight is 453 g/mol. The normalized spacial score (nSPS) is 11.6. The predicted octanol–water partition coefficient (Wildman–Crippen LogP) is 4.79. The molecule has 0 aliphatic rings. The zero-order valence-electron chi connectivity index (χ0n) is 20.6. The highest BCUT2D eigenvalue weighted by atomic mass is 16.5. The van der Waals surface area contributed by atoms with Crippen molar-refractivity contribution < 1.29 is 4.74 Å². The van der Waals surface area contributed by atoms with E-state index in [1.54, 1.807) is 0 Å². The standard InChI is InChI=1S/C26H40N6O/c1-5-12-29-26(27)30-14-17-33-25-20-23(32(15-6-2)16-7-3)19-24(31-25)28-13-11-22-10-8-9-21(4)18-22/h8-11,13,18-20H,5-7,12,14-17H2,1-4H3,(H,28,31)(H3,27,29,30)/b13-11+. The highest BCUT2D eigenvalue weighted by molar-refractivity contribution is 5.77. The molecule has 0 radical (unpaired) electrons. The molecule has 7 nitrogen and oxygen atoms in total. The lowest BCUT2D eigenvalue weighted by Crippen LogP contribution is -2.34. The van der Waals surface area contributed by atoms with Crippen molar-refractivity contribution in [2.45, 2.75) is 47.0 Å². The number of aromatic nitrogens is 1. The second-order valence-electron chi connectivity index (χ2n) is 7.97. The van der Waals surface area contributed by atoms with E-state index in [0.29, 0.717) is 25.0 Å². The Bertz CT molecular complexity index is 890. The lowest BCUT2D eigenvalue weighted by atomic mass is 10.1. The third-order valence-corrected chi connectivity index (χ3v) is 4.85. The lowest BCUT2D eigenvalue weighted by Gasteiger charge is -2.24. The molecule has 4 N–H and O–H groups in total. The van der Waals surface area contributed by atoms with E-state index in [4.69, 9.17) is 10.5 Å². The summed E-state index contributed by atoms with van der Waals surface area (Å²) in [6.07, 6.45) is 7.08. The molecule has 2 aromatic rings. The number of pyridine rings is 1. The molecular weight excluding hydrogens is 412 g/mol. The topological polar surface area (TPSA) is 87.8 Å². The molecule has 2 rings (SSSR count). The Hall–Kier alpha value is -3.22. The summed E-state index contributed by atoms with van der Waals surface area (Å²) in [6, 6.07) is 12.5. The quantitative estimate of drug-likeness (QED) is 0.217. The Labute approximate surface area is 199 Å². The summed E-state index contributed by atoms with van der Waals surface area (Å²) in [6.45, 7) is 12.3. The van der Waals surface area contributed by atoms with Gasteiger partial charge in [-0.3, -0.25) is 4.99 Å². The van der Waals surface area contributed by atoms with Gasteiger partial charge in [0.15, 0.2) is 5.96 Å². The van der Waals surface area contributed by atoms with Crippen LogP contribution in [-0.4, -0.2) is 43.7 Å². The van der Waals surface area contributed by atoms with E-state index < -0.39 is 0 Å². The van der Waals surface area contributed by atoms with Gasteiger partial charge in [-0.2, -0.15) is 4.98 Å². The van der Waals surface area contributed by atoms with Crippen LogP contribution in [0.1, 0.15) is 51.2 Å². The molecule has 1 aromatic carbocycles. The van der Waals surface area contributed by atoms with E-state index in [1.807, 2.05) is 18.3 Å². The first kappa shape index (κ1) is 26.0. The molecule has 0 atom stereocenters. The van der Waals surface area contributed by atoms with E-state index >= 15 is 0 Å². The van der Waals surface area contributed by atoms with Crippen LogP contribution in [0, 0.1) is 6.92 Å². The SMILES string of the molecule is CCCN=C(N)NCCOc1cc(N(CCC)CCC)cc(N/C=C/c2cccc(C)c2)n1. The van der Waals surface area contributed by atoms with Crippen molar-refractivity contribution in [3.8, 4) is 5.88 Å². The van der Waals surface area contributed by atoms with Gasteiger partial charge >= 0.3 is 0 Å². The fourth-order valence-corrected chi connectivity index (χ4v) is 3.35. The Kier molecular flexibility index (Phi) is 11.7. The first-order chi connectivity index (χ1) is 16.0. The smallest absolute Gasteiger partial charge is 0.217 e. The third kappa shape index (κ3) is 9.85. The monoisotopic (exact) mass is 452 g/mol. The molecule has 0 bridgehead atoms. The summed E-state index contributed by atoms with van der Waals surface area (Å²) in [7, 11) is 0. The number of anilines is 2. The van der Waals surface area contributed by atoms with E-state index in [-0.39, 0.29) is 0 Å². The number of aryl methyl sites for hydroxylation is 1. The third-order valence-electron chi connectivity index (χ3n) is 4.85. The minimum Gasteiger partial charge on any atom is -0.476 e. The van der Waals surface area contributed by atoms with Gasteiger partial charge in [0.05, 0.1) is 6.54 Å². The largest absolute Gasteiger partial charge is 0.476 e. The summed E-state index contributed by atoms with van der Waals surface area (Å²) >= 11 is 0. The highest BCUT2D eigenvalue weighted by Gasteiger charge is 2.10. The van der Waals surface area contributed by atoms with Gasteiger partial charge in [0, 0.05) is 43.7 Å². The lowest BCUT2D eigenvalue weighted by molar-refractivity contribution is 0.310. The first-order valence-corrected chi connectivity index (χ1v) is 12.0. The van der Waals surface area contributed by atoms with Gasteiger partial charge in [-0.25, -0.2) is 0 Å². The molecule has 7 heteroatoms. The fourth-order valence-electron chi connectivity index (χ4n) is 3.35. The molecule has 0 fully saturated rings. The number of hydrogen-bond donors (Lipinski definition) is 3. The molecule has 1 aromatic heterocycles. The second kappa shape index (κ2) is 14.8. The minimum absolute atomic E-state index is 0.443. The van der Waals surface area contributed by atoms with Crippen molar-refractivity contribution in [3.63, 3.8) is 0 Å². The van der Waals surface area contributed by atoms with E-state index in [9.17, 15) is 0 Å². The van der Waals surface area contributed by atoms with Crippen molar-refractivity contribution in [2.75, 3.05) is 43.0 Å². The second-order valence-corrected chi connectivity index (χ2v) is 7.97. The zero-order chi connectivity index (χ0) is 23.9. The van der Waals surface area contributed by atoms with Gasteiger partial charge in [-0.15, -0.1) is 0 Å². The Morgan fingerprint density at radius 2 is 1.91 bits per heavy atom. The Balaban J connectivity index is 2.11. The highest BCUT2D eigenvalue weighted by Crippen LogP contribution is 2.24. The molecule has 0 aliphatic carbocycles. The molecule has 0 unspecified atom stereocenters. The van der Waals surface area contributed by atoms with Gasteiger partial charge in [0.25, 0.3) is 0 Å². The number of benzene rings is 1. The van der Waals surface area contributed by atoms with Crippen LogP contribution < -0.4 is 26.0 Å². The van der Waals surface area contributed by atoms with Crippen LogP contribution in [0.15, 0.2) is 47.6 Å². The van der Waals surface area contributed by atoms with Crippen LogP contribution in [0.5, 0.6) is 5.88 Å². The number of aliphatic imine (C=N–C) groups is 1. The zero-order valence-corrected chi connectivity index (χ0v) is 20.6. The van der Waals surface area contributed by atoms with E-state index in [2.05, 4.69) is 83.5 Å². The molecule has 0 spiro atoms. The molecule has 0 amide bonds. The molecule has 0 saturated heterocycles. The summed E-state index contributed by atoms with van der Waals surface area (Å²) in [4.78, 5) is 11.3. The molecule has 0 aliphatic heterocycles.